The average molecular weight is 220 g/mol. The molecule has 1 saturated heterocycles. The van der Waals surface area contributed by atoms with Crippen LogP contribution in [0.2, 0.25) is 0 Å². The molecule has 1 aromatic heterocycles. The Bertz CT molecular complexity index is 333. The second-order valence-electron chi connectivity index (χ2n) is 4.54. The van der Waals surface area contributed by atoms with Crippen LogP contribution >= 0.6 is 0 Å². The number of aromatic nitrogens is 1. The summed E-state index contributed by atoms with van der Waals surface area (Å²) in [6.45, 7) is 3.19. The molecular formula is C12H20N4. The monoisotopic (exact) mass is 220 g/mol. The number of hydrogen-bond acceptors (Lipinski definition) is 4. The number of likely N-dealkylation sites (N-methyl/N-ethyl adjacent to an activating group) is 1. The Labute approximate surface area is 97.3 Å². The molecule has 1 aliphatic heterocycles. The van der Waals surface area contributed by atoms with Gasteiger partial charge in [-0.3, -0.25) is 4.90 Å². The average Bonchev–Trinajstić information content (AvgIpc) is 2.30. The number of nitrogens with one attached hydrogen (secondary N) is 1. The molecule has 1 aromatic rings. The second-order valence-corrected chi connectivity index (χ2v) is 4.54. The van der Waals surface area contributed by atoms with Crippen molar-refractivity contribution in [3.05, 3.63) is 23.9 Å². The Hall–Kier alpha value is -1.13. The Morgan fingerprint density at radius 1 is 1.44 bits per heavy atom. The van der Waals surface area contributed by atoms with Gasteiger partial charge < -0.3 is 10.2 Å². The fraction of sp³-hybridized carbons (Fsp3) is 0.583. The Balaban J connectivity index is 2.14. The summed E-state index contributed by atoms with van der Waals surface area (Å²) in [5, 5.41) is 3.42. The highest BCUT2D eigenvalue weighted by Gasteiger charge is 2.20. The quantitative estimate of drug-likeness (QED) is 0.796. The highest BCUT2D eigenvalue weighted by Crippen LogP contribution is 2.21. The van der Waals surface area contributed by atoms with Crippen LogP contribution in [0.1, 0.15) is 11.6 Å². The zero-order valence-electron chi connectivity index (χ0n) is 10.3. The maximum atomic E-state index is 4.46. The number of nitrogens with zero attached hydrogens (tertiary/aromatic N) is 3. The highest BCUT2D eigenvalue weighted by atomic mass is 15.2. The van der Waals surface area contributed by atoms with E-state index in [1.165, 1.54) is 5.56 Å². The van der Waals surface area contributed by atoms with Gasteiger partial charge in [0.1, 0.15) is 5.82 Å². The van der Waals surface area contributed by atoms with Gasteiger partial charge in [0.15, 0.2) is 0 Å². The van der Waals surface area contributed by atoms with E-state index in [-0.39, 0.29) is 0 Å². The van der Waals surface area contributed by atoms with Crippen molar-refractivity contribution in [3.8, 4) is 0 Å². The summed E-state index contributed by atoms with van der Waals surface area (Å²) in [7, 11) is 6.19. The van der Waals surface area contributed by atoms with Crippen LogP contribution in [0.25, 0.3) is 0 Å². The number of piperazine rings is 1. The number of hydrogen-bond donors (Lipinski definition) is 1. The van der Waals surface area contributed by atoms with Crippen molar-refractivity contribution in [2.45, 2.75) is 6.04 Å². The van der Waals surface area contributed by atoms with E-state index in [0.29, 0.717) is 6.04 Å². The lowest BCUT2D eigenvalue weighted by atomic mass is 10.1. The van der Waals surface area contributed by atoms with Crippen LogP contribution in [0, 0.1) is 0 Å². The van der Waals surface area contributed by atoms with Gasteiger partial charge >= 0.3 is 0 Å². The molecule has 16 heavy (non-hydrogen) atoms. The number of anilines is 1. The van der Waals surface area contributed by atoms with Crippen LogP contribution in [-0.4, -0.2) is 50.7 Å². The SMILES string of the molecule is CN(C)c1ccc(C2CNCCN2C)cn1. The van der Waals surface area contributed by atoms with Gasteiger partial charge in [0, 0.05) is 46.0 Å². The third-order valence-electron chi connectivity index (χ3n) is 3.12. The summed E-state index contributed by atoms with van der Waals surface area (Å²) >= 11 is 0. The van der Waals surface area contributed by atoms with Crippen LogP contribution in [0.3, 0.4) is 0 Å². The van der Waals surface area contributed by atoms with E-state index in [1.807, 2.05) is 25.2 Å². The molecule has 1 unspecified atom stereocenters. The van der Waals surface area contributed by atoms with Gasteiger partial charge in [-0.2, -0.15) is 0 Å². The molecule has 1 aliphatic rings. The zero-order chi connectivity index (χ0) is 11.5. The van der Waals surface area contributed by atoms with Crippen molar-refractivity contribution in [3.63, 3.8) is 0 Å². The molecule has 2 heterocycles. The van der Waals surface area contributed by atoms with E-state index in [1.54, 1.807) is 0 Å². The zero-order valence-corrected chi connectivity index (χ0v) is 10.3. The van der Waals surface area contributed by atoms with Crippen molar-refractivity contribution in [2.75, 3.05) is 45.7 Å². The summed E-state index contributed by atoms with van der Waals surface area (Å²) in [6.07, 6.45) is 1.99. The largest absolute Gasteiger partial charge is 0.363 e. The Kier molecular flexibility index (Phi) is 3.41. The van der Waals surface area contributed by atoms with Gasteiger partial charge in [-0.25, -0.2) is 4.98 Å². The predicted octanol–water partition coefficient (Wildman–Crippen LogP) is 0.724. The summed E-state index contributed by atoms with van der Waals surface area (Å²) in [5.41, 5.74) is 1.29. The lowest BCUT2D eigenvalue weighted by Gasteiger charge is -2.33. The Morgan fingerprint density at radius 2 is 2.25 bits per heavy atom. The van der Waals surface area contributed by atoms with Crippen LogP contribution < -0.4 is 10.2 Å². The predicted molar refractivity (Wildman–Crippen MR) is 66.8 cm³/mol. The standard InChI is InChI=1S/C12H20N4/c1-15(2)12-5-4-10(8-14-12)11-9-13-6-7-16(11)3/h4-5,8,11,13H,6-7,9H2,1-3H3. The molecule has 2 rings (SSSR count). The molecule has 0 spiro atoms. The highest BCUT2D eigenvalue weighted by molar-refractivity contribution is 5.37. The lowest BCUT2D eigenvalue weighted by Crippen LogP contribution is -2.43. The molecule has 1 N–H and O–H groups in total. The maximum absolute atomic E-state index is 4.46. The minimum atomic E-state index is 0.456. The third-order valence-corrected chi connectivity index (χ3v) is 3.12. The van der Waals surface area contributed by atoms with Gasteiger partial charge in [0.05, 0.1) is 0 Å². The number of pyridine rings is 1. The summed E-state index contributed by atoms with van der Waals surface area (Å²) in [6, 6.07) is 4.71. The van der Waals surface area contributed by atoms with Crippen LogP contribution in [0.4, 0.5) is 5.82 Å². The first-order valence-electron chi connectivity index (χ1n) is 5.72. The van der Waals surface area contributed by atoms with Gasteiger partial charge in [0.25, 0.3) is 0 Å². The minimum absolute atomic E-state index is 0.456. The molecule has 1 atom stereocenters. The Morgan fingerprint density at radius 3 is 2.81 bits per heavy atom. The summed E-state index contributed by atoms with van der Waals surface area (Å²) < 4.78 is 0. The molecule has 0 amide bonds. The second kappa shape index (κ2) is 4.80. The normalized spacial score (nSPS) is 22.1. The summed E-state index contributed by atoms with van der Waals surface area (Å²) in [4.78, 5) is 8.86. The van der Waals surface area contributed by atoms with Gasteiger partial charge in [-0.15, -0.1) is 0 Å². The molecule has 0 radical (unpaired) electrons. The van der Waals surface area contributed by atoms with Crippen molar-refractivity contribution in [1.29, 1.82) is 0 Å². The van der Waals surface area contributed by atoms with Crippen LogP contribution in [0.15, 0.2) is 18.3 Å². The topological polar surface area (TPSA) is 31.4 Å². The van der Waals surface area contributed by atoms with E-state index in [9.17, 15) is 0 Å². The minimum Gasteiger partial charge on any atom is -0.363 e. The first kappa shape index (κ1) is 11.4. The molecule has 1 fully saturated rings. The molecule has 0 aromatic carbocycles. The maximum Gasteiger partial charge on any atom is 0.127 e. The van der Waals surface area contributed by atoms with Gasteiger partial charge in [0.2, 0.25) is 0 Å². The molecule has 4 heteroatoms. The first-order chi connectivity index (χ1) is 7.68. The first-order valence-corrected chi connectivity index (χ1v) is 5.72. The van der Waals surface area contributed by atoms with E-state index in [0.717, 1.165) is 25.5 Å². The molecule has 0 bridgehead atoms. The van der Waals surface area contributed by atoms with E-state index in [2.05, 4.69) is 34.4 Å². The van der Waals surface area contributed by atoms with E-state index in [4.69, 9.17) is 0 Å². The third kappa shape index (κ3) is 2.33. The fourth-order valence-corrected chi connectivity index (χ4v) is 2.04. The molecule has 0 saturated carbocycles. The van der Waals surface area contributed by atoms with E-state index < -0.39 is 0 Å². The molecule has 4 nitrogen and oxygen atoms in total. The van der Waals surface area contributed by atoms with Gasteiger partial charge in [-0.05, 0) is 18.7 Å². The molecule has 0 aliphatic carbocycles. The van der Waals surface area contributed by atoms with Crippen molar-refractivity contribution >= 4 is 5.82 Å². The lowest BCUT2D eigenvalue weighted by molar-refractivity contribution is 0.202. The van der Waals surface area contributed by atoms with Crippen molar-refractivity contribution in [2.24, 2.45) is 0 Å². The summed E-state index contributed by atoms with van der Waals surface area (Å²) in [5.74, 6) is 1.01. The molecular weight excluding hydrogens is 200 g/mol. The fourth-order valence-electron chi connectivity index (χ4n) is 2.04. The van der Waals surface area contributed by atoms with Crippen LogP contribution in [0.5, 0.6) is 0 Å². The van der Waals surface area contributed by atoms with Crippen LogP contribution in [-0.2, 0) is 0 Å². The van der Waals surface area contributed by atoms with E-state index >= 15 is 0 Å². The van der Waals surface area contributed by atoms with Crippen molar-refractivity contribution < 1.29 is 0 Å². The smallest absolute Gasteiger partial charge is 0.127 e. The van der Waals surface area contributed by atoms with Gasteiger partial charge in [-0.1, -0.05) is 6.07 Å². The van der Waals surface area contributed by atoms with Crippen molar-refractivity contribution in [1.82, 2.24) is 15.2 Å². The number of rotatable bonds is 2. The molecule has 88 valence electrons.